The Morgan fingerprint density at radius 2 is 2.00 bits per heavy atom. The van der Waals surface area contributed by atoms with Crippen LogP contribution in [0, 0.1) is 0 Å². The molecule has 3 heterocycles. The highest BCUT2D eigenvalue weighted by atomic mass is 16.6. The maximum absolute atomic E-state index is 12.1. The number of aliphatic hydroxyl groups is 1. The molecule has 0 bridgehead atoms. The van der Waals surface area contributed by atoms with Gasteiger partial charge in [0.1, 0.15) is 6.10 Å². The second kappa shape index (κ2) is 7.31. The molecule has 8 nitrogen and oxygen atoms in total. The van der Waals surface area contributed by atoms with Gasteiger partial charge in [0.25, 0.3) is 0 Å². The molecule has 3 N–H and O–H groups in total. The molecule has 0 spiro atoms. The van der Waals surface area contributed by atoms with Crippen molar-refractivity contribution < 1.29 is 14.6 Å². The van der Waals surface area contributed by atoms with Crippen LogP contribution in [0.15, 0.2) is 48.7 Å². The fraction of sp³-hybridized carbons (Fsp3) is 0.286. The number of nitrogens with zero attached hydrogens (tertiary/aromatic N) is 3. The first kappa shape index (κ1) is 17.8. The molecule has 1 fully saturated rings. The van der Waals surface area contributed by atoms with Gasteiger partial charge >= 0.3 is 6.09 Å². The van der Waals surface area contributed by atoms with Gasteiger partial charge in [-0.15, -0.1) is 0 Å². The summed E-state index contributed by atoms with van der Waals surface area (Å²) in [6.45, 7) is 1.26. The third kappa shape index (κ3) is 3.26. The minimum absolute atomic E-state index is 0.115. The van der Waals surface area contributed by atoms with Crippen LogP contribution in [-0.2, 0) is 24.2 Å². The number of benzene rings is 2. The van der Waals surface area contributed by atoms with Crippen LogP contribution >= 0.6 is 0 Å². The fourth-order valence-electron chi connectivity index (χ4n) is 4.07. The number of rotatable bonds is 6. The number of H-pyrrole nitrogens is 1. The van der Waals surface area contributed by atoms with Crippen molar-refractivity contribution in [2.24, 2.45) is 0 Å². The average molecular weight is 391 g/mol. The Balaban J connectivity index is 1.29. The molecular formula is C21H21N5O3. The molecule has 2 aliphatic heterocycles. The van der Waals surface area contributed by atoms with Crippen LogP contribution < -0.4 is 10.2 Å². The van der Waals surface area contributed by atoms with E-state index in [1.165, 1.54) is 5.56 Å². The van der Waals surface area contributed by atoms with Gasteiger partial charge in [-0.05, 0) is 40.8 Å². The highest BCUT2D eigenvalue weighted by molar-refractivity contribution is 5.94. The Morgan fingerprint density at radius 1 is 1.17 bits per heavy atom. The molecule has 2 aromatic carbocycles. The topological polar surface area (TPSA) is 103 Å². The maximum Gasteiger partial charge on any atom is 0.415 e. The number of ether oxygens (including phenoxy) is 1. The van der Waals surface area contributed by atoms with Crippen LogP contribution in [0.5, 0.6) is 0 Å². The van der Waals surface area contributed by atoms with E-state index in [4.69, 9.17) is 4.74 Å². The Bertz CT molecular complexity index is 1020. The summed E-state index contributed by atoms with van der Waals surface area (Å²) in [5, 5.41) is 23.2. The number of anilines is 1. The smallest absolute Gasteiger partial charge is 0.415 e. The number of carbonyl (C=O) groups is 1. The minimum atomic E-state index is -0.456. The molecular weight excluding hydrogens is 370 g/mol. The second-order valence-electron chi connectivity index (χ2n) is 7.35. The van der Waals surface area contributed by atoms with Crippen molar-refractivity contribution in [2.45, 2.75) is 31.7 Å². The predicted molar refractivity (Wildman–Crippen MR) is 106 cm³/mol. The van der Waals surface area contributed by atoms with Crippen LogP contribution in [0.1, 0.15) is 16.8 Å². The first-order chi connectivity index (χ1) is 14.2. The lowest BCUT2D eigenvalue weighted by Gasteiger charge is -2.14. The monoisotopic (exact) mass is 391 g/mol. The SMILES string of the molecule is O=C1OC(CO)C2Cc3cc(-c4ccc(CNCc5cn[nH]n5)cc4)ccc3N12. The van der Waals surface area contributed by atoms with E-state index in [9.17, 15) is 9.90 Å². The second-order valence-corrected chi connectivity index (χ2v) is 7.35. The average Bonchev–Trinajstić information content (AvgIpc) is 3.45. The van der Waals surface area contributed by atoms with Gasteiger partial charge in [-0.3, -0.25) is 4.90 Å². The van der Waals surface area contributed by atoms with E-state index in [-0.39, 0.29) is 18.7 Å². The molecule has 1 aromatic heterocycles. The first-order valence-electron chi connectivity index (χ1n) is 9.61. The molecule has 2 unspecified atom stereocenters. The molecule has 8 heteroatoms. The summed E-state index contributed by atoms with van der Waals surface area (Å²) in [5.41, 5.74) is 6.30. The quantitative estimate of drug-likeness (QED) is 0.594. The Kier molecular flexibility index (Phi) is 4.49. The van der Waals surface area contributed by atoms with Crippen LogP contribution in [-0.4, -0.2) is 45.4 Å². The number of cyclic esters (lactones) is 1. The third-order valence-corrected chi connectivity index (χ3v) is 5.55. The van der Waals surface area contributed by atoms with Crippen molar-refractivity contribution in [3.63, 3.8) is 0 Å². The molecule has 0 saturated carbocycles. The molecule has 1 saturated heterocycles. The number of carbonyl (C=O) groups excluding carboxylic acids is 1. The number of aliphatic hydroxyl groups excluding tert-OH is 1. The number of aromatic amines is 1. The zero-order chi connectivity index (χ0) is 19.8. The van der Waals surface area contributed by atoms with Crippen molar-refractivity contribution >= 4 is 11.8 Å². The van der Waals surface area contributed by atoms with Crippen LogP contribution in [0.3, 0.4) is 0 Å². The summed E-state index contributed by atoms with van der Waals surface area (Å²) < 4.78 is 5.24. The molecule has 2 atom stereocenters. The number of nitrogens with one attached hydrogen (secondary N) is 2. The van der Waals surface area contributed by atoms with Gasteiger partial charge in [0, 0.05) is 13.1 Å². The molecule has 148 valence electrons. The maximum atomic E-state index is 12.1. The van der Waals surface area contributed by atoms with E-state index in [2.05, 4.69) is 51.1 Å². The molecule has 5 rings (SSSR count). The number of aromatic nitrogens is 3. The van der Waals surface area contributed by atoms with E-state index >= 15 is 0 Å². The van der Waals surface area contributed by atoms with Crippen LogP contribution in [0.25, 0.3) is 11.1 Å². The Morgan fingerprint density at radius 3 is 2.76 bits per heavy atom. The van der Waals surface area contributed by atoms with Gasteiger partial charge < -0.3 is 15.2 Å². The molecule has 0 aliphatic carbocycles. The Hall–Kier alpha value is -3.23. The molecule has 2 aliphatic rings. The zero-order valence-corrected chi connectivity index (χ0v) is 15.7. The van der Waals surface area contributed by atoms with E-state index in [0.29, 0.717) is 13.0 Å². The number of amides is 1. The number of hydrogen-bond donors (Lipinski definition) is 3. The van der Waals surface area contributed by atoms with E-state index < -0.39 is 6.10 Å². The van der Waals surface area contributed by atoms with E-state index in [0.717, 1.165) is 34.6 Å². The summed E-state index contributed by atoms with van der Waals surface area (Å²) in [4.78, 5) is 13.8. The predicted octanol–water partition coefficient (Wildman–Crippen LogP) is 2.00. The zero-order valence-electron chi connectivity index (χ0n) is 15.7. The van der Waals surface area contributed by atoms with Crippen LogP contribution in [0.2, 0.25) is 0 Å². The van der Waals surface area contributed by atoms with Gasteiger partial charge in [0.2, 0.25) is 0 Å². The largest absolute Gasteiger partial charge is 0.441 e. The Labute approximate surface area is 167 Å². The van der Waals surface area contributed by atoms with Crippen LogP contribution in [0.4, 0.5) is 10.5 Å². The van der Waals surface area contributed by atoms with Gasteiger partial charge in [-0.2, -0.15) is 15.4 Å². The third-order valence-electron chi connectivity index (χ3n) is 5.55. The molecule has 1 amide bonds. The number of fused-ring (bicyclic) bond motifs is 3. The highest BCUT2D eigenvalue weighted by Crippen LogP contribution is 2.40. The molecule has 29 heavy (non-hydrogen) atoms. The van der Waals surface area contributed by atoms with E-state index in [1.807, 2.05) is 12.1 Å². The van der Waals surface area contributed by atoms with Gasteiger partial charge in [-0.1, -0.05) is 30.3 Å². The fourth-order valence-corrected chi connectivity index (χ4v) is 4.07. The first-order valence-corrected chi connectivity index (χ1v) is 9.61. The lowest BCUT2D eigenvalue weighted by molar-refractivity contribution is 0.0830. The van der Waals surface area contributed by atoms with Gasteiger partial charge in [-0.25, -0.2) is 4.79 Å². The lowest BCUT2D eigenvalue weighted by atomic mass is 9.99. The highest BCUT2D eigenvalue weighted by Gasteiger charge is 2.47. The van der Waals surface area contributed by atoms with Gasteiger partial charge in [0.15, 0.2) is 0 Å². The number of hydrogen-bond acceptors (Lipinski definition) is 6. The standard InChI is InChI=1S/C21H21N5O3/c27-12-20-19-8-16-7-15(5-6-18(16)26(19)21(28)29-20)14-3-1-13(2-4-14)9-22-10-17-11-23-25-24-17/h1-7,11,19-20,22,27H,8-10,12H2,(H,23,24,25). The molecule has 3 aromatic rings. The lowest BCUT2D eigenvalue weighted by Crippen LogP contribution is -2.34. The summed E-state index contributed by atoms with van der Waals surface area (Å²) in [6.07, 6.45) is 1.58. The van der Waals surface area contributed by atoms with Crippen molar-refractivity contribution in [3.05, 3.63) is 65.5 Å². The minimum Gasteiger partial charge on any atom is -0.441 e. The molecule has 0 radical (unpaired) electrons. The van der Waals surface area contributed by atoms with Crippen molar-refractivity contribution in [1.29, 1.82) is 0 Å². The summed E-state index contributed by atoms with van der Waals surface area (Å²) in [7, 11) is 0. The van der Waals surface area contributed by atoms with Crippen molar-refractivity contribution in [2.75, 3.05) is 11.5 Å². The van der Waals surface area contributed by atoms with Gasteiger partial charge in [0.05, 0.1) is 30.2 Å². The van der Waals surface area contributed by atoms with E-state index in [1.54, 1.807) is 11.1 Å². The van der Waals surface area contributed by atoms with Crippen molar-refractivity contribution in [3.8, 4) is 11.1 Å². The van der Waals surface area contributed by atoms with Crippen molar-refractivity contribution in [1.82, 2.24) is 20.7 Å². The summed E-state index contributed by atoms with van der Waals surface area (Å²) in [5.74, 6) is 0. The normalized spacial score (nSPS) is 19.9. The summed E-state index contributed by atoms with van der Waals surface area (Å²) >= 11 is 0. The summed E-state index contributed by atoms with van der Waals surface area (Å²) in [6, 6.07) is 14.4.